The zero-order valence-electron chi connectivity index (χ0n) is 13.8. The molecule has 0 aliphatic carbocycles. The predicted molar refractivity (Wildman–Crippen MR) is 92.6 cm³/mol. The normalized spacial score (nSPS) is 10.2. The first kappa shape index (κ1) is 17.3. The molecule has 0 unspecified atom stereocenters. The van der Waals surface area contributed by atoms with Gasteiger partial charge in [-0.25, -0.2) is 13.6 Å². The fourth-order valence-electron chi connectivity index (χ4n) is 2.47. The van der Waals surface area contributed by atoms with Crippen LogP contribution in [0, 0.1) is 29.9 Å². The highest BCUT2D eigenvalue weighted by molar-refractivity contribution is 5.91. The maximum atomic E-state index is 14.4. The molecule has 0 saturated heterocycles. The fourth-order valence-corrected chi connectivity index (χ4v) is 2.47. The second kappa shape index (κ2) is 7.16. The summed E-state index contributed by atoms with van der Waals surface area (Å²) in [5.41, 5.74) is 1.82. The first-order chi connectivity index (χ1) is 12.5. The van der Waals surface area contributed by atoms with Crippen LogP contribution in [0.25, 0.3) is 11.1 Å². The van der Waals surface area contributed by atoms with Crippen molar-refractivity contribution in [3.8, 4) is 22.9 Å². The molecule has 0 atom stereocenters. The van der Waals surface area contributed by atoms with Crippen LogP contribution in [0.5, 0.6) is 5.75 Å². The Morgan fingerprint density at radius 1 is 0.962 bits per heavy atom. The molecule has 3 rings (SSSR count). The molecule has 0 bridgehead atoms. The zero-order chi connectivity index (χ0) is 18.7. The van der Waals surface area contributed by atoms with Crippen LogP contribution in [-0.2, 0) is 0 Å². The summed E-state index contributed by atoms with van der Waals surface area (Å²) in [6, 6.07) is 16.5. The van der Waals surface area contributed by atoms with Crippen molar-refractivity contribution in [2.24, 2.45) is 0 Å². The van der Waals surface area contributed by atoms with Crippen LogP contribution in [0.3, 0.4) is 0 Å². The van der Waals surface area contributed by atoms with E-state index >= 15 is 0 Å². The van der Waals surface area contributed by atoms with Crippen molar-refractivity contribution in [3.63, 3.8) is 0 Å². The number of rotatable bonds is 3. The highest BCUT2D eigenvalue weighted by Gasteiger charge is 2.15. The van der Waals surface area contributed by atoms with E-state index in [0.717, 1.165) is 6.07 Å². The SMILES string of the molecule is Cc1ccc(C(=O)Oc2ccc(-c3ccc(C#N)cc3)c(F)c2)c(F)c1. The van der Waals surface area contributed by atoms with Gasteiger partial charge in [0.1, 0.15) is 17.4 Å². The molecule has 3 aromatic rings. The average Bonchev–Trinajstić information content (AvgIpc) is 2.62. The fraction of sp³-hybridized carbons (Fsp3) is 0.0476. The van der Waals surface area contributed by atoms with Crippen LogP contribution in [0.1, 0.15) is 21.5 Å². The minimum absolute atomic E-state index is 0.0233. The van der Waals surface area contributed by atoms with E-state index in [1.807, 2.05) is 6.07 Å². The average molecular weight is 349 g/mol. The minimum Gasteiger partial charge on any atom is -0.423 e. The van der Waals surface area contributed by atoms with E-state index in [0.29, 0.717) is 22.3 Å². The number of aryl methyl sites for hydroxylation is 1. The van der Waals surface area contributed by atoms with Gasteiger partial charge >= 0.3 is 5.97 Å². The lowest BCUT2D eigenvalue weighted by Gasteiger charge is -2.08. The van der Waals surface area contributed by atoms with Crippen molar-refractivity contribution in [1.82, 2.24) is 0 Å². The largest absolute Gasteiger partial charge is 0.423 e. The molecular weight excluding hydrogens is 336 g/mol. The Morgan fingerprint density at radius 3 is 2.31 bits per heavy atom. The Bertz CT molecular complexity index is 1020. The number of hydrogen-bond acceptors (Lipinski definition) is 3. The van der Waals surface area contributed by atoms with Crippen molar-refractivity contribution < 1.29 is 18.3 Å². The molecule has 5 heteroatoms. The molecule has 3 aromatic carbocycles. The minimum atomic E-state index is -0.895. The molecule has 128 valence electrons. The third kappa shape index (κ3) is 3.60. The zero-order valence-corrected chi connectivity index (χ0v) is 13.8. The first-order valence-corrected chi connectivity index (χ1v) is 7.76. The van der Waals surface area contributed by atoms with Crippen LogP contribution in [0.4, 0.5) is 8.78 Å². The van der Waals surface area contributed by atoms with Crippen molar-refractivity contribution in [2.45, 2.75) is 6.92 Å². The predicted octanol–water partition coefficient (Wildman–Crippen LogP) is 5.03. The second-order valence-electron chi connectivity index (χ2n) is 5.70. The maximum absolute atomic E-state index is 14.4. The van der Waals surface area contributed by atoms with Crippen molar-refractivity contribution >= 4 is 5.97 Å². The Labute approximate surface area is 149 Å². The van der Waals surface area contributed by atoms with Gasteiger partial charge in [0.05, 0.1) is 17.2 Å². The number of halogens is 2. The van der Waals surface area contributed by atoms with Gasteiger partial charge in [0.2, 0.25) is 0 Å². The lowest BCUT2D eigenvalue weighted by molar-refractivity contribution is 0.0729. The first-order valence-electron chi connectivity index (χ1n) is 7.76. The van der Waals surface area contributed by atoms with Gasteiger partial charge in [-0.3, -0.25) is 0 Å². The molecule has 0 radical (unpaired) electrons. The summed E-state index contributed by atoms with van der Waals surface area (Å²) in [7, 11) is 0. The van der Waals surface area contributed by atoms with Crippen LogP contribution >= 0.6 is 0 Å². The molecule has 26 heavy (non-hydrogen) atoms. The molecule has 0 aliphatic rings. The molecule has 0 aromatic heterocycles. The van der Waals surface area contributed by atoms with E-state index < -0.39 is 17.6 Å². The van der Waals surface area contributed by atoms with Gasteiger partial charge < -0.3 is 4.74 Å². The third-order valence-corrected chi connectivity index (χ3v) is 3.82. The van der Waals surface area contributed by atoms with E-state index in [-0.39, 0.29) is 11.3 Å². The molecule has 0 amide bonds. The Morgan fingerprint density at radius 2 is 1.69 bits per heavy atom. The number of nitriles is 1. The number of esters is 1. The smallest absolute Gasteiger partial charge is 0.346 e. The Kier molecular flexibility index (Phi) is 4.76. The van der Waals surface area contributed by atoms with Crippen LogP contribution in [-0.4, -0.2) is 5.97 Å². The van der Waals surface area contributed by atoms with E-state index in [4.69, 9.17) is 10.00 Å². The van der Waals surface area contributed by atoms with E-state index in [1.165, 1.54) is 24.3 Å². The van der Waals surface area contributed by atoms with E-state index in [2.05, 4.69) is 0 Å². The maximum Gasteiger partial charge on any atom is 0.346 e. The summed E-state index contributed by atoms with van der Waals surface area (Å²) >= 11 is 0. The van der Waals surface area contributed by atoms with Crippen molar-refractivity contribution in [3.05, 3.63) is 89.0 Å². The lowest BCUT2D eigenvalue weighted by atomic mass is 10.0. The Hall–Kier alpha value is -3.52. The van der Waals surface area contributed by atoms with Gasteiger partial charge in [-0.15, -0.1) is 0 Å². The topological polar surface area (TPSA) is 50.1 Å². The number of nitrogens with zero attached hydrogens (tertiary/aromatic N) is 1. The standard InChI is InChI=1S/C21H13F2NO2/c1-13-2-8-18(19(22)10-13)21(25)26-16-7-9-17(20(23)11-16)15-5-3-14(12-24)4-6-15/h2-11H,1H3. The summed E-state index contributed by atoms with van der Waals surface area (Å²) in [6.07, 6.45) is 0. The van der Waals surface area contributed by atoms with Gasteiger partial charge in [0.25, 0.3) is 0 Å². The molecular formula is C21H13F2NO2. The summed E-state index contributed by atoms with van der Waals surface area (Å²) in [5.74, 6) is -2.20. The number of ether oxygens (including phenoxy) is 1. The van der Waals surface area contributed by atoms with Gasteiger partial charge in [0.15, 0.2) is 0 Å². The highest BCUT2D eigenvalue weighted by atomic mass is 19.1. The van der Waals surface area contributed by atoms with Gasteiger partial charge in [0, 0.05) is 11.6 Å². The quantitative estimate of drug-likeness (QED) is 0.492. The third-order valence-electron chi connectivity index (χ3n) is 3.82. The molecule has 0 saturated carbocycles. The highest BCUT2D eigenvalue weighted by Crippen LogP contribution is 2.27. The second-order valence-corrected chi connectivity index (χ2v) is 5.70. The number of carbonyl (C=O) groups is 1. The molecule has 0 spiro atoms. The molecule has 0 heterocycles. The van der Waals surface area contributed by atoms with Gasteiger partial charge in [-0.2, -0.15) is 5.26 Å². The molecule has 3 nitrogen and oxygen atoms in total. The molecule has 0 N–H and O–H groups in total. The summed E-state index contributed by atoms with van der Waals surface area (Å²) in [5, 5.41) is 8.80. The summed E-state index contributed by atoms with van der Waals surface area (Å²) in [6.45, 7) is 1.70. The van der Waals surface area contributed by atoms with Gasteiger partial charge in [-0.05, 0) is 54.4 Å². The van der Waals surface area contributed by atoms with Crippen molar-refractivity contribution in [2.75, 3.05) is 0 Å². The van der Waals surface area contributed by atoms with Crippen LogP contribution in [0.15, 0.2) is 60.7 Å². The molecule has 0 aliphatic heterocycles. The number of carbonyl (C=O) groups excluding carboxylic acids is 1. The van der Waals surface area contributed by atoms with E-state index in [9.17, 15) is 13.6 Å². The van der Waals surface area contributed by atoms with Crippen LogP contribution in [0.2, 0.25) is 0 Å². The monoisotopic (exact) mass is 349 g/mol. The lowest BCUT2D eigenvalue weighted by Crippen LogP contribution is -2.11. The molecule has 0 fully saturated rings. The van der Waals surface area contributed by atoms with Crippen LogP contribution < -0.4 is 4.74 Å². The Balaban J connectivity index is 1.83. The van der Waals surface area contributed by atoms with E-state index in [1.54, 1.807) is 37.3 Å². The summed E-state index contributed by atoms with van der Waals surface area (Å²) in [4.78, 5) is 12.1. The van der Waals surface area contributed by atoms with Gasteiger partial charge in [-0.1, -0.05) is 18.2 Å². The van der Waals surface area contributed by atoms with Crippen molar-refractivity contribution in [1.29, 1.82) is 5.26 Å². The number of benzene rings is 3. The number of hydrogen-bond donors (Lipinski definition) is 0. The summed E-state index contributed by atoms with van der Waals surface area (Å²) < 4.78 is 33.3.